The molecule has 2 aliphatic heterocycles. The molecule has 3 nitrogen and oxygen atoms in total. The lowest BCUT2D eigenvalue weighted by atomic mass is 9.43. The first-order valence-corrected chi connectivity index (χ1v) is 26.0. The molecule has 14 rings (SSSR count). The molecule has 0 radical (unpaired) electrons. The van der Waals surface area contributed by atoms with E-state index in [1.54, 1.807) is 0 Å². The van der Waals surface area contributed by atoms with E-state index in [0.717, 1.165) is 24.0 Å². The Morgan fingerprint density at radius 2 is 1.12 bits per heavy atom. The summed E-state index contributed by atoms with van der Waals surface area (Å²) in [5.74, 6) is 0. The third-order valence-corrected chi connectivity index (χ3v) is 18.8. The predicted molar refractivity (Wildman–Crippen MR) is 294 cm³/mol. The first-order chi connectivity index (χ1) is 32.6. The van der Waals surface area contributed by atoms with Gasteiger partial charge in [0.1, 0.15) is 11.2 Å². The minimum Gasteiger partial charge on any atom is -0.455 e. The molecule has 69 heavy (non-hydrogen) atoms. The quantitative estimate of drug-likeness (QED) is 0.153. The monoisotopic (exact) mass is 901 g/mol. The Morgan fingerprint density at radius 1 is 0.522 bits per heavy atom. The molecule has 4 heteroatoms. The Kier molecular flexibility index (Phi) is 7.81. The van der Waals surface area contributed by atoms with Crippen LogP contribution in [0, 0.1) is 0 Å². The molecule has 0 saturated heterocycles. The summed E-state index contributed by atoms with van der Waals surface area (Å²) >= 11 is 0. The molecule has 0 unspecified atom stereocenters. The van der Waals surface area contributed by atoms with Crippen LogP contribution in [0.1, 0.15) is 155 Å². The van der Waals surface area contributed by atoms with Crippen LogP contribution in [0.3, 0.4) is 0 Å². The number of hydrogen-bond donors (Lipinski definition) is 0. The maximum Gasteiger partial charge on any atom is 0.333 e. The largest absolute Gasteiger partial charge is 0.455 e. The molecule has 2 aromatic heterocycles. The van der Waals surface area contributed by atoms with Gasteiger partial charge in [0, 0.05) is 55.1 Å². The van der Waals surface area contributed by atoms with Crippen molar-refractivity contribution in [2.24, 2.45) is 0 Å². The fraction of sp³-hybridized carbons (Fsp3) is 0.354. The van der Waals surface area contributed by atoms with Crippen LogP contribution in [-0.2, 0) is 32.5 Å². The third kappa shape index (κ3) is 5.26. The fourth-order valence-corrected chi connectivity index (χ4v) is 14.5. The molecule has 0 spiro atoms. The number of nitrogens with zero attached hydrogens (tertiary/aromatic N) is 2. The molecule has 3 aliphatic carbocycles. The van der Waals surface area contributed by atoms with Crippen LogP contribution < -0.4 is 15.7 Å². The van der Waals surface area contributed by atoms with E-state index in [2.05, 4.69) is 209 Å². The number of hydrogen-bond acceptors (Lipinski definition) is 2. The predicted octanol–water partition coefficient (Wildman–Crippen LogP) is 16.2. The smallest absolute Gasteiger partial charge is 0.333 e. The Balaban J connectivity index is 1.24. The van der Waals surface area contributed by atoms with Gasteiger partial charge >= 0.3 is 6.85 Å². The maximum atomic E-state index is 7.47. The van der Waals surface area contributed by atoms with Crippen molar-refractivity contribution in [1.82, 2.24) is 4.57 Å². The second-order valence-electron chi connectivity index (χ2n) is 26.2. The van der Waals surface area contributed by atoms with Crippen molar-refractivity contribution < 1.29 is 4.42 Å². The minimum absolute atomic E-state index is 0.0190. The number of benzene rings is 7. The molecule has 7 aromatic carbocycles. The number of fused-ring (bicyclic) bond motifs is 18. The van der Waals surface area contributed by atoms with Gasteiger partial charge in [-0.3, -0.25) is 0 Å². The molecular formula is C65H65BN2O. The van der Waals surface area contributed by atoms with Crippen molar-refractivity contribution in [3.05, 3.63) is 148 Å². The number of furan rings is 1. The zero-order valence-corrected chi connectivity index (χ0v) is 43.1. The molecule has 0 amide bonds. The Hall–Kier alpha value is -6.00. The first-order valence-electron chi connectivity index (χ1n) is 26.0. The standard InChI is InChI=1S/C65H65BN2O/c1-60(2,3)36-22-24-37(25-23-36)68-51-35-48-46(62(6,7)27-29-64(48,10)11)31-42(51)56-57-58-54(55-39-19-15-17-21-53(39)69-59(55)56)41-30-45-47(63(8,9)28-26-61(45,4)5)34-50(41)67(58)52-33-44-40(32-49(52)66(57)68)38-18-14-16-20-43(38)65(44,12)13/h14-25,30-35H,26-29H2,1-13H3. The van der Waals surface area contributed by atoms with Crippen LogP contribution in [0.5, 0.6) is 0 Å². The van der Waals surface area contributed by atoms with Gasteiger partial charge in [-0.15, -0.1) is 0 Å². The van der Waals surface area contributed by atoms with Crippen molar-refractivity contribution in [2.75, 3.05) is 4.81 Å². The topological polar surface area (TPSA) is 21.3 Å². The summed E-state index contributed by atoms with van der Waals surface area (Å²) in [5, 5.41) is 5.11. The van der Waals surface area contributed by atoms with E-state index in [9.17, 15) is 0 Å². The Morgan fingerprint density at radius 3 is 1.80 bits per heavy atom. The normalized spacial score (nSPS) is 19.4. The summed E-state index contributed by atoms with van der Waals surface area (Å²) < 4.78 is 10.2. The summed E-state index contributed by atoms with van der Waals surface area (Å²) in [6.07, 6.45) is 4.64. The van der Waals surface area contributed by atoms with Gasteiger partial charge < -0.3 is 13.8 Å². The Bertz CT molecular complexity index is 3800. The van der Waals surface area contributed by atoms with Crippen LogP contribution in [0.2, 0.25) is 0 Å². The first kappa shape index (κ1) is 41.9. The average molecular weight is 901 g/mol. The number of rotatable bonds is 1. The molecule has 4 heterocycles. The summed E-state index contributed by atoms with van der Waals surface area (Å²) in [5.41, 5.74) is 26.5. The summed E-state index contributed by atoms with van der Waals surface area (Å²) in [4.78, 5) is 2.77. The van der Waals surface area contributed by atoms with Crippen LogP contribution in [0.4, 0.5) is 11.4 Å². The van der Waals surface area contributed by atoms with Gasteiger partial charge in [0.15, 0.2) is 0 Å². The minimum atomic E-state index is -0.163. The zero-order chi connectivity index (χ0) is 47.9. The highest BCUT2D eigenvalue weighted by Crippen LogP contribution is 2.58. The highest BCUT2D eigenvalue weighted by molar-refractivity contribution is 6.94. The molecule has 5 aliphatic rings. The van der Waals surface area contributed by atoms with E-state index in [-0.39, 0.29) is 39.3 Å². The second kappa shape index (κ2) is 12.9. The fourth-order valence-electron chi connectivity index (χ4n) is 14.5. The van der Waals surface area contributed by atoms with E-state index in [1.807, 2.05) is 0 Å². The van der Waals surface area contributed by atoms with Crippen LogP contribution in [0.15, 0.2) is 114 Å². The highest BCUT2D eigenvalue weighted by atomic mass is 16.3. The van der Waals surface area contributed by atoms with Crippen molar-refractivity contribution in [3.8, 4) is 27.9 Å². The highest BCUT2D eigenvalue weighted by Gasteiger charge is 2.50. The molecular weight excluding hydrogens is 836 g/mol. The number of aromatic nitrogens is 1. The van der Waals surface area contributed by atoms with Crippen molar-refractivity contribution >= 4 is 72.9 Å². The van der Waals surface area contributed by atoms with Gasteiger partial charge in [-0.2, -0.15) is 0 Å². The van der Waals surface area contributed by atoms with E-state index in [0.29, 0.717) is 0 Å². The molecule has 0 saturated carbocycles. The summed E-state index contributed by atoms with van der Waals surface area (Å²) in [6, 6.07) is 43.5. The second-order valence-corrected chi connectivity index (χ2v) is 26.2. The molecule has 0 N–H and O–H groups in total. The van der Waals surface area contributed by atoms with Gasteiger partial charge in [0.2, 0.25) is 0 Å². The lowest BCUT2D eigenvalue weighted by molar-refractivity contribution is 0.332. The lowest BCUT2D eigenvalue weighted by Gasteiger charge is -2.46. The van der Waals surface area contributed by atoms with Crippen LogP contribution in [0.25, 0.3) is 71.7 Å². The van der Waals surface area contributed by atoms with Crippen LogP contribution in [-0.4, -0.2) is 11.4 Å². The van der Waals surface area contributed by atoms with E-state index < -0.39 is 0 Å². The zero-order valence-electron chi connectivity index (χ0n) is 43.1. The Labute approximate surface area is 409 Å². The van der Waals surface area contributed by atoms with E-state index in [4.69, 9.17) is 4.42 Å². The molecule has 0 bridgehead atoms. The van der Waals surface area contributed by atoms with Crippen molar-refractivity contribution in [2.45, 2.75) is 148 Å². The van der Waals surface area contributed by atoms with Gasteiger partial charge in [-0.1, -0.05) is 151 Å². The van der Waals surface area contributed by atoms with E-state index in [1.165, 1.54) is 135 Å². The van der Waals surface area contributed by atoms with Gasteiger partial charge in [0.05, 0.1) is 11.0 Å². The third-order valence-electron chi connectivity index (χ3n) is 18.8. The summed E-state index contributed by atoms with van der Waals surface area (Å²) in [7, 11) is 0. The SMILES string of the molecule is CC(C)(C)c1ccc(N2B3c4cc5c(cc4-n4c6cc7c(cc6c6c8c(oc9ccccc98)c(c3c64)-c3cc4c(cc32)C(C)(C)CCC4(C)C)C(C)(C)CCC7(C)C)C(C)(C)c2ccccc2-5)cc1. The van der Waals surface area contributed by atoms with Gasteiger partial charge in [-0.05, 0) is 162 Å². The molecule has 0 atom stereocenters. The molecule has 0 fully saturated rings. The lowest BCUT2D eigenvalue weighted by Crippen LogP contribution is -2.60. The molecule has 344 valence electrons. The van der Waals surface area contributed by atoms with Gasteiger partial charge in [-0.25, -0.2) is 0 Å². The van der Waals surface area contributed by atoms with E-state index >= 15 is 0 Å². The molecule has 9 aromatic rings. The number of para-hydroxylation sites is 1. The van der Waals surface area contributed by atoms with Crippen LogP contribution >= 0.6 is 0 Å². The maximum absolute atomic E-state index is 7.47. The van der Waals surface area contributed by atoms with Gasteiger partial charge in [0.25, 0.3) is 0 Å². The van der Waals surface area contributed by atoms with Crippen molar-refractivity contribution in [1.29, 1.82) is 0 Å². The summed E-state index contributed by atoms with van der Waals surface area (Å²) in [6.45, 7) is 31.6. The van der Waals surface area contributed by atoms with Crippen molar-refractivity contribution in [3.63, 3.8) is 0 Å². The average Bonchev–Trinajstić information content (AvgIpc) is 3.93. The number of anilines is 2.